The van der Waals surface area contributed by atoms with Crippen LogP contribution in [0.5, 0.6) is 0 Å². The Kier molecular flexibility index (Phi) is 13.9. The second-order valence-corrected chi connectivity index (χ2v) is 8.99. The second-order valence-electron chi connectivity index (χ2n) is 8.99. The first-order chi connectivity index (χ1) is 17.5. The number of carbonyl (C=O) groups excluding carboxylic acids is 4. The summed E-state index contributed by atoms with van der Waals surface area (Å²) < 4.78 is 0. The molecule has 210 valence electrons. The first kappa shape index (κ1) is 31.6. The van der Waals surface area contributed by atoms with Gasteiger partial charge in [-0.25, -0.2) is 4.79 Å². The number of nitrogens with zero attached hydrogens (tertiary/aromatic N) is 2. The number of unbranched alkanes of at least 4 members (excludes halogenated alkanes) is 1. The van der Waals surface area contributed by atoms with Gasteiger partial charge >= 0.3 is 5.97 Å². The number of carboxylic acids is 1. The van der Waals surface area contributed by atoms with Crippen molar-refractivity contribution in [1.29, 1.82) is 0 Å². The average Bonchev–Trinajstić information content (AvgIpc) is 3.32. The summed E-state index contributed by atoms with van der Waals surface area (Å²) in [6.07, 6.45) is 2.73. The van der Waals surface area contributed by atoms with Crippen molar-refractivity contribution in [2.45, 2.75) is 82.0 Å². The summed E-state index contributed by atoms with van der Waals surface area (Å²) in [5, 5.41) is 14.4. The predicted molar refractivity (Wildman–Crippen MR) is 135 cm³/mol. The number of guanidine groups is 1. The summed E-state index contributed by atoms with van der Waals surface area (Å²) in [6.45, 7) is 1.00. The number of aliphatic imine (C=N–C) groups is 1. The summed E-state index contributed by atoms with van der Waals surface area (Å²) in [6, 6.07) is -4.13. The Hall–Kier alpha value is -3.46. The van der Waals surface area contributed by atoms with Crippen molar-refractivity contribution in [3.8, 4) is 0 Å². The summed E-state index contributed by atoms with van der Waals surface area (Å²) >= 11 is 0. The standard InChI is InChI=1S/C22H41N9O6/c23-10-2-1-5-13(24)20(35)31-12-4-7-16(31)19(34)29-14(8-9-17(25)32)18(33)30-15(21(36)37)6-3-11-28-22(26)27/h13-16H,1-12,23-24H2,(H2,25,32)(H,29,34)(H,30,33)(H,36,37)(H4,26,27,28). The van der Waals surface area contributed by atoms with Gasteiger partial charge < -0.3 is 49.3 Å². The molecule has 1 rings (SSSR count). The van der Waals surface area contributed by atoms with Crippen molar-refractivity contribution >= 4 is 35.6 Å². The third kappa shape index (κ3) is 11.4. The van der Waals surface area contributed by atoms with E-state index in [9.17, 15) is 29.1 Å². The van der Waals surface area contributed by atoms with E-state index in [0.717, 1.165) is 6.42 Å². The van der Waals surface area contributed by atoms with E-state index in [-0.39, 0.29) is 44.1 Å². The molecule has 4 atom stereocenters. The number of likely N-dealkylation sites (tertiary alicyclic amines) is 1. The minimum Gasteiger partial charge on any atom is -0.480 e. The van der Waals surface area contributed by atoms with E-state index >= 15 is 0 Å². The molecule has 1 aliphatic heterocycles. The number of hydrogen-bond acceptors (Lipinski definition) is 8. The van der Waals surface area contributed by atoms with Crippen LogP contribution in [0.2, 0.25) is 0 Å². The van der Waals surface area contributed by atoms with Gasteiger partial charge in [-0.2, -0.15) is 0 Å². The number of carbonyl (C=O) groups is 5. The van der Waals surface area contributed by atoms with Crippen molar-refractivity contribution in [3.63, 3.8) is 0 Å². The summed E-state index contributed by atoms with van der Waals surface area (Å²) in [7, 11) is 0. The van der Waals surface area contributed by atoms with E-state index in [2.05, 4.69) is 15.6 Å². The van der Waals surface area contributed by atoms with E-state index in [1.807, 2.05) is 0 Å². The molecule has 4 unspecified atom stereocenters. The smallest absolute Gasteiger partial charge is 0.326 e. The highest BCUT2D eigenvalue weighted by Crippen LogP contribution is 2.20. The van der Waals surface area contributed by atoms with E-state index < -0.39 is 47.9 Å². The quantitative estimate of drug-likeness (QED) is 0.0532. The van der Waals surface area contributed by atoms with Crippen molar-refractivity contribution in [3.05, 3.63) is 0 Å². The van der Waals surface area contributed by atoms with Crippen molar-refractivity contribution in [2.75, 3.05) is 19.6 Å². The van der Waals surface area contributed by atoms with Gasteiger partial charge in [0.2, 0.25) is 23.6 Å². The lowest BCUT2D eigenvalue weighted by Crippen LogP contribution is -2.56. The van der Waals surface area contributed by atoms with Crippen LogP contribution in [0.3, 0.4) is 0 Å². The van der Waals surface area contributed by atoms with Crippen LogP contribution < -0.4 is 39.3 Å². The van der Waals surface area contributed by atoms with Gasteiger partial charge in [-0.1, -0.05) is 6.42 Å². The normalized spacial score (nSPS) is 17.4. The Bertz CT molecular complexity index is 833. The molecule has 37 heavy (non-hydrogen) atoms. The largest absolute Gasteiger partial charge is 0.480 e. The molecule has 0 spiro atoms. The monoisotopic (exact) mass is 527 g/mol. The summed E-state index contributed by atoms with van der Waals surface area (Å²) in [5.41, 5.74) is 27.2. The highest BCUT2D eigenvalue weighted by atomic mass is 16.4. The maximum absolute atomic E-state index is 13.1. The molecular weight excluding hydrogens is 486 g/mol. The van der Waals surface area contributed by atoms with E-state index in [1.54, 1.807) is 0 Å². The molecule has 1 aliphatic rings. The molecule has 0 saturated carbocycles. The summed E-state index contributed by atoms with van der Waals surface area (Å²) in [5.74, 6) is -3.86. The zero-order valence-electron chi connectivity index (χ0n) is 21.1. The van der Waals surface area contributed by atoms with Gasteiger partial charge in [0, 0.05) is 19.5 Å². The van der Waals surface area contributed by atoms with Gasteiger partial charge in [0.25, 0.3) is 0 Å². The number of carboxylic acid groups (broad SMARTS) is 1. The molecule has 0 aromatic carbocycles. The number of aliphatic carboxylic acids is 1. The summed E-state index contributed by atoms with van der Waals surface area (Å²) in [4.78, 5) is 67.0. The van der Waals surface area contributed by atoms with Gasteiger partial charge in [0.05, 0.1) is 6.04 Å². The number of rotatable bonds is 17. The minimum atomic E-state index is -1.28. The fourth-order valence-corrected chi connectivity index (χ4v) is 4.00. The fourth-order valence-electron chi connectivity index (χ4n) is 4.00. The molecule has 4 amide bonds. The van der Waals surface area contributed by atoms with Crippen molar-refractivity contribution in [2.24, 2.45) is 33.7 Å². The Morgan fingerprint density at radius 3 is 2.27 bits per heavy atom. The van der Waals surface area contributed by atoms with Crippen LogP contribution in [0.15, 0.2) is 4.99 Å². The molecule has 1 heterocycles. The van der Waals surface area contributed by atoms with Crippen LogP contribution in [0.4, 0.5) is 0 Å². The maximum Gasteiger partial charge on any atom is 0.326 e. The number of nitrogens with two attached hydrogens (primary N) is 5. The van der Waals surface area contributed by atoms with Crippen molar-refractivity contribution < 1.29 is 29.1 Å². The molecule has 0 aromatic heterocycles. The average molecular weight is 528 g/mol. The molecule has 1 saturated heterocycles. The SMILES string of the molecule is NCCCCC(N)C(=O)N1CCCC1C(=O)NC(CCC(N)=O)C(=O)NC(CCCN=C(N)N)C(=O)O. The predicted octanol–water partition coefficient (Wildman–Crippen LogP) is -3.19. The number of nitrogens with one attached hydrogen (secondary N) is 2. The maximum atomic E-state index is 13.1. The fraction of sp³-hybridized carbons (Fsp3) is 0.727. The van der Waals surface area contributed by atoms with Gasteiger partial charge in [-0.3, -0.25) is 24.2 Å². The molecule has 15 nitrogen and oxygen atoms in total. The Labute approximate surface area is 215 Å². The highest BCUT2D eigenvalue weighted by Gasteiger charge is 2.37. The van der Waals surface area contributed by atoms with Crippen LogP contribution in [-0.2, 0) is 24.0 Å². The lowest BCUT2D eigenvalue weighted by Gasteiger charge is -2.28. The Morgan fingerprint density at radius 1 is 0.973 bits per heavy atom. The van der Waals surface area contributed by atoms with Gasteiger partial charge in [0.1, 0.15) is 18.1 Å². The Morgan fingerprint density at radius 2 is 1.68 bits per heavy atom. The topological polar surface area (TPSA) is 275 Å². The lowest BCUT2D eigenvalue weighted by atomic mass is 10.1. The Balaban J connectivity index is 2.87. The van der Waals surface area contributed by atoms with Gasteiger partial charge in [0.15, 0.2) is 5.96 Å². The molecular formula is C22H41N9O6. The van der Waals surface area contributed by atoms with Crippen LogP contribution >= 0.6 is 0 Å². The lowest BCUT2D eigenvalue weighted by molar-refractivity contribution is -0.143. The first-order valence-corrected chi connectivity index (χ1v) is 12.4. The molecule has 0 radical (unpaired) electrons. The molecule has 0 aromatic rings. The first-order valence-electron chi connectivity index (χ1n) is 12.4. The third-order valence-electron chi connectivity index (χ3n) is 6.00. The van der Waals surface area contributed by atoms with Gasteiger partial charge in [-0.15, -0.1) is 0 Å². The molecule has 13 N–H and O–H groups in total. The van der Waals surface area contributed by atoms with E-state index in [0.29, 0.717) is 38.8 Å². The second kappa shape index (κ2) is 16.3. The zero-order chi connectivity index (χ0) is 28.0. The number of primary amides is 1. The van der Waals surface area contributed by atoms with Crippen LogP contribution in [-0.4, -0.2) is 89.4 Å². The minimum absolute atomic E-state index is 0.0291. The van der Waals surface area contributed by atoms with E-state index in [1.165, 1.54) is 4.90 Å². The van der Waals surface area contributed by atoms with Crippen molar-refractivity contribution in [1.82, 2.24) is 15.5 Å². The number of amides is 4. The van der Waals surface area contributed by atoms with E-state index in [4.69, 9.17) is 28.7 Å². The number of hydrogen-bond donors (Lipinski definition) is 8. The molecule has 0 bridgehead atoms. The van der Waals surface area contributed by atoms with Crippen LogP contribution in [0.25, 0.3) is 0 Å². The van der Waals surface area contributed by atoms with Crippen LogP contribution in [0, 0.1) is 0 Å². The highest BCUT2D eigenvalue weighted by molar-refractivity contribution is 5.94. The van der Waals surface area contributed by atoms with Gasteiger partial charge in [-0.05, 0) is 51.5 Å². The zero-order valence-corrected chi connectivity index (χ0v) is 21.1. The molecule has 15 heteroatoms. The third-order valence-corrected chi connectivity index (χ3v) is 6.00. The van der Waals surface area contributed by atoms with Crippen LogP contribution in [0.1, 0.15) is 57.8 Å². The molecule has 1 fully saturated rings. The molecule has 0 aliphatic carbocycles.